The van der Waals surface area contributed by atoms with Gasteiger partial charge in [0.1, 0.15) is 0 Å². The molecule has 0 radical (unpaired) electrons. The van der Waals surface area contributed by atoms with E-state index in [0.29, 0.717) is 6.04 Å². The summed E-state index contributed by atoms with van der Waals surface area (Å²) in [5, 5.41) is 13.5. The van der Waals surface area contributed by atoms with Crippen LogP contribution in [0.15, 0.2) is 12.4 Å². The largest absolute Gasteiger partial charge is 0.481 e. The summed E-state index contributed by atoms with van der Waals surface area (Å²) in [5.41, 5.74) is 0.279. The minimum atomic E-state index is -0.691. The molecule has 3 rings (SSSR count). The number of rotatable bonds is 3. The van der Waals surface area contributed by atoms with Gasteiger partial charge < -0.3 is 5.11 Å². The highest BCUT2D eigenvalue weighted by Crippen LogP contribution is 2.44. The smallest absolute Gasteiger partial charge is 0.314 e. The molecular formula is C11H14N2O2. The molecule has 1 N–H and O–H groups in total. The van der Waals surface area contributed by atoms with Crippen molar-refractivity contribution in [2.24, 2.45) is 0 Å². The number of carboxylic acid groups (broad SMARTS) is 1. The summed E-state index contributed by atoms with van der Waals surface area (Å²) in [7, 11) is 0. The number of carbonyl (C=O) groups is 1. The van der Waals surface area contributed by atoms with E-state index in [-0.39, 0.29) is 0 Å². The molecular weight excluding hydrogens is 192 g/mol. The number of aliphatic carboxylic acids is 1. The molecule has 0 aromatic carbocycles. The van der Waals surface area contributed by atoms with Crippen molar-refractivity contribution in [1.82, 2.24) is 9.78 Å². The molecule has 4 nitrogen and oxygen atoms in total. The van der Waals surface area contributed by atoms with Gasteiger partial charge in [0, 0.05) is 11.8 Å². The van der Waals surface area contributed by atoms with Gasteiger partial charge in [0.05, 0.1) is 17.7 Å². The molecule has 2 saturated carbocycles. The molecule has 1 heterocycles. The van der Waals surface area contributed by atoms with Crippen LogP contribution in [-0.4, -0.2) is 20.9 Å². The van der Waals surface area contributed by atoms with Crippen molar-refractivity contribution in [3.8, 4) is 0 Å². The SMILES string of the molecule is O=C(O)C1(c2cnn(C3CC3)c2)CCC1. The van der Waals surface area contributed by atoms with Crippen LogP contribution in [0, 0.1) is 0 Å². The third kappa shape index (κ3) is 1.20. The molecule has 2 fully saturated rings. The molecule has 4 heteroatoms. The normalized spacial score (nSPS) is 23.5. The molecule has 0 amide bonds. The number of hydrogen-bond acceptors (Lipinski definition) is 2. The lowest BCUT2D eigenvalue weighted by molar-refractivity contribution is -0.147. The molecule has 0 bridgehead atoms. The summed E-state index contributed by atoms with van der Waals surface area (Å²) in [6, 6.07) is 0.532. The van der Waals surface area contributed by atoms with Gasteiger partial charge in [-0.05, 0) is 25.7 Å². The van der Waals surface area contributed by atoms with Crippen LogP contribution in [0.2, 0.25) is 0 Å². The quantitative estimate of drug-likeness (QED) is 0.819. The molecule has 1 aromatic heterocycles. The molecule has 80 valence electrons. The Labute approximate surface area is 87.9 Å². The van der Waals surface area contributed by atoms with E-state index >= 15 is 0 Å². The topological polar surface area (TPSA) is 55.1 Å². The van der Waals surface area contributed by atoms with E-state index in [2.05, 4.69) is 5.10 Å². The van der Waals surface area contributed by atoms with Crippen LogP contribution in [0.25, 0.3) is 0 Å². The molecule has 0 atom stereocenters. The number of aromatic nitrogens is 2. The summed E-state index contributed by atoms with van der Waals surface area (Å²) < 4.78 is 1.93. The first-order valence-electron chi connectivity index (χ1n) is 5.50. The molecule has 15 heavy (non-hydrogen) atoms. The Morgan fingerprint density at radius 1 is 1.53 bits per heavy atom. The molecule has 0 unspecified atom stereocenters. The second-order valence-electron chi connectivity index (χ2n) is 4.68. The van der Waals surface area contributed by atoms with Crippen LogP contribution in [0.5, 0.6) is 0 Å². The van der Waals surface area contributed by atoms with Crippen LogP contribution in [0.1, 0.15) is 43.7 Å². The fourth-order valence-corrected chi connectivity index (χ4v) is 2.28. The van der Waals surface area contributed by atoms with Crippen LogP contribution >= 0.6 is 0 Å². The van der Waals surface area contributed by atoms with Crippen molar-refractivity contribution in [3.05, 3.63) is 18.0 Å². The summed E-state index contributed by atoms with van der Waals surface area (Å²) in [6.07, 6.45) is 8.58. The second-order valence-corrected chi connectivity index (χ2v) is 4.68. The zero-order chi connectivity index (χ0) is 10.5. The van der Waals surface area contributed by atoms with Crippen molar-refractivity contribution in [3.63, 3.8) is 0 Å². The first-order valence-corrected chi connectivity index (χ1v) is 5.50. The molecule has 0 aliphatic heterocycles. The van der Waals surface area contributed by atoms with E-state index in [1.807, 2.05) is 10.9 Å². The maximum absolute atomic E-state index is 11.3. The Morgan fingerprint density at radius 3 is 2.73 bits per heavy atom. The summed E-state index contributed by atoms with van der Waals surface area (Å²) >= 11 is 0. The van der Waals surface area contributed by atoms with E-state index in [1.165, 1.54) is 12.8 Å². The lowest BCUT2D eigenvalue weighted by atomic mass is 9.65. The Bertz CT molecular complexity index is 402. The zero-order valence-corrected chi connectivity index (χ0v) is 8.52. The Morgan fingerprint density at radius 2 is 2.27 bits per heavy atom. The third-order valence-corrected chi connectivity index (χ3v) is 3.69. The second kappa shape index (κ2) is 2.84. The van der Waals surface area contributed by atoms with Crippen LogP contribution < -0.4 is 0 Å². The number of hydrogen-bond donors (Lipinski definition) is 1. The number of nitrogens with zero attached hydrogens (tertiary/aromatic N) is 2. The number of carboxylic acids is 1. The van der Waals surface area contributed by atoms with Crippen molar-refractivity contribution in [1.29, 1.82) is 0 Å². The van der Waals surface area contributed by atoms with Crippen LogP contribution in [0.3, 0.4) is 0 Å². The zero-order valence-electron chi connectivity index (χ0n) is 8.52. The first kappa shape index (κ1) is 8.95. The standard InChI is InChI=1S/C11H14N2O2/c14-10(15)11(4-1-5-11)8-6-12-13(7-8)9-2-3-9/h6-7,9H,1-5H2,(H,14,15). The summed E-state index contributed by atoms with van der Waals surface area (Å²) in [5.74, 6) is -0.691. The highest BCUT2D eigenvalue weighted by Gasteiger charge is 2.47. The molecule has 1 aromatic rings. The monoisotopic (exact) mass is 206 g/mol. The third-order valence-electron chi connectivity index (χ3n) is 3.69. The molecule has 0 saturated heterocycles. The molecule has 2 aliphatic carbocycles. The highest BCUT2D eigenvalue weighted by atomic mass is 16.4. The van der Waals surface area contributed by atoms with Gasteiger partial charge >= 0.3 is 5.97 Å². The van der Waals surface area contributed by atoms with Crippen molar-refractivity contribution in [2.45, 2.75) is 43.6 Å². The molecule has 2 aliphatic rings. The van der Waals surface area contributed by atoms with Gasteiger partial charge in [-0.15, -0.1) is 0 Å². The Hall–Kier alpha value is -1.32. The lowest BCUT2D eigenvalue weighted by Crippen LogP contribution is -2.42. The van der Waals surface area contributed by atoms with E-state index in [0.717, 1.165) is 24.8 Å². The average Bonchev–Trinajstić information content (AvgIpc) is 2.85. The van der Waals surface area contributed by atoms with E-state index in [9.17, 15) is 9.90 Å². The van der Waals surface area contributed by atoms with Gasteiger partial charge in [-0.3, -0.25) is 9.48 Å². The Balaban J connectivity index is 1.92. The van der Waals surface area contributed by atoms with E-state index in [4.69, 9.17) is 0 Å². The maximum atomic E-state index is 11.3. The van der Waals surface area contributed by atoms with Gasteiger partial charge in [-0.25, -0.2) is 0 Å². The first-order chi connectivity index (χ1) is 7.22. The van der Waals surface area contributed by atoms with Gasteiger partial charge in [0.2, 0.25) is 0 Å². The predicted molar refractivity (Wildman–Crippen MR) is 53.7 cm³/mol. The van der Waals surface area contributed by atoms with Crippen LogP contribution in [0.4, 0.5) is 0 Å². The maximum Gasteiger partial charge on any atom is 0.314 e. The highest BCUT2D eigenvalue weighted by molar-refractivity contribution is 5.82. The van der Waals surface area contributed by atoms with Gasteiger partial charge in [-0.2, -0.15) is 5.10 Å². The predicted octanol–water partition coefficient (Wildman–Crippen LogP) is 1.72. The lowest BCUT2D eigenvalue weighted by Gasteiger charge is -2.36. The minimum Gasteiger partial charge on any atom is -0.481 e. The average molecular weight is 206 g/mol. The minimum absolute atomic E-state index is 0.532. The fourth-order valence-electron chi connectivity index (χ4n) is 2.28. The van der Waals surface area contributed by atoms with Crippen LogP contribution in [-0.2, 0) is 10.2 Å². The van der Waals surface area contributed by atoms with E-state index in [1.54, 1.807) is 6.20 Å². The fraction of sp³-hybridized carbons (Fsp3) is 0.636. The van der Waals surface area contributed by atoms with Crippen molar-refractivity contribution >= 4 is 5.97 Å². The van der Waals surface area contributed by atoms with Gasteiger partial charge in [0.15, 0.2) is 0 Å². The summed E-state index contributed by atoms with van der Waals surface area (Å²) in [6.45, 7) is 0. The Kier molecular flexibility index (Phi) is 1.69. The van der Waals surface area contributed by atoms with Crippen molar-refractivity contribution < 1.29 is 9.90 Å². The molecule has 0 spiro atoms. The van der Waals surface area contributed by atoms with Gasteiger partial charge in [-0.1, -0.05) is 6.42 Å². The van der Waals surface area contributed by atoms with Crippen molar-refractivity contribution in [2.75, 3.05) is 0 Å². The summed E-state index contributed by atoms with van der Waals surface area (Å²) in [4.78, 5) is 11.3. The van der Waals surface area contributed by atoms with E-state index < -0.39 is 11.4 Å². The van der Waals surface area contributed by atoms with Gasteiger partial charge in [0.25, 0.3) is 0 Å².